The van der Waals surface area contributed by atoms with Crippen LogP contribution in [-0.2, 0) is 4.74 Å². The van der Waals surface area contributed by atoms with Crippen LogP contribution in [0.2, 0.25) is 0 Å². The van der Waals surface area contributed by atoms with Crippen LogP contribution in [-0.4, -0.2) is 54.1 Å². The summed E-state index contributed by atoms with van der Waals surface area (Å²) >= 11 is 0. The fourth-order valence-electron chi connectivity index (χ4n) is 4.16. The molecule has 0 radical (unpaired) electrons. The molecular formula is C12H13N5O3. The molecule has 3 aliphatic rings. The summed E-state index contributed by atoms with van der Waals surface area (Å²) in [4.78, 5) is 12.4. The van der Waals surface area contributed by atoms with E-state index in [9.17, 15) is 10.2 Å². The molecule has 1 aliphatic heterocycles. The lowest BCUT2D eigenvalue weighted by Gasteiger charge is -2.39. The molecule has 2 aromatic heterocycles. The van der Waals surface area contributed by atoms with Crippen molar-refractivity contribution in [2.75, 3.05) is 18.9 Å². The van der Waals surface area contributed by atoms with E-state index < -0.39 is 11.2 Å². The number of fused-ring (bicyclic) bond motifs is 3. The van der Waals surface area contributed by atoms with E-state index >= 15 is 0 Å². The molecule has 1 spiro atoms. The molecule has 1 saturated heterocycles. The third-order valence-corrected chi connectivity index (χ3v) is 5.23. The number of hydrogen-bond donors (Lipinski definition) is 3. The quantitative estimate of drug-likeness (QED) is 0.582. The standard InChI is InChI=1S/C12H13N5O3/c13-9-7-10(15-3-14-9)17(4-16-7)8-6-5(1-18)12(6,19)11(8)2-20-11/h3-6,8,18-19H,1-2H2,(H2,13,14,15)/t5-,6?,8+,11-,12+/m0/s1. The second-order valence-corrected chi connectivity index (χ2v) is 5.85. The molecule has 2 saturated carbocycles. The van der Waals surface area contributed by atoms with E-state index in [1.807, 2.05) is 4.57 Å². The summed E-state index contributed by atoms with van der Waals surface area (Å²) in [6.45, 7) is 0.466. The van der Waals surface area contributed by atoms with Crippen LogP contribution in [0, 0.1) is 11.8 Å². The number of aliphatic hydroxyl groups excluding tert-OH is 1. The van der Waals surface area contributed by atoms with Gasteiger partial charge in [-0.15, -0.1) is 0 Å². The topological polar surface area (TPSA) is 123 Å². The van der Waals surface area contributed by atoms with Crippen molar-refractivity contribution in [1.82, 2.24) is 19.5 Å². The zero-order chi connectivity index (χ0) is 13.7. The Kier molecular flexibility index (Phi) is 1.61. The fourth-order valence-corrected chi connectivity index (χ4v) is 4.16. The summed E-state index contributed by atoms with van der Waals surface area (Å²) in [7, 11) is 0. The number of nitrogen functional groups attached to an aromatic ring is 1. The third-order valence-electron chi connectivity index (χ3n) is 5.23. The Balaban J connectivity index is 1.66. The molecule has 5 rings (SSSR count). The van der Waals surface area contributed by atoms with E-state index in [1.54, 1.807) is 6.33 Å². The monoisotopic (exact) mass is 275 g/mol. The van der Waals surface area contributed by atoms with Crippen molar-refractivity contribution in [2.45, 2.75) is 17.2 Å². The minimum Gasteiger partial charge on any atom is -0.396 e. The van der Waals surface area contributed by atoms with Crippen molar-refractivity contribution < 1.29 is 14.9 Å². The molecule has 3 heterocycles. The second kappa shape index (κ2) is 2.95. The molecule has 0 amide bonds. The van der Waals surface area contributed by atoms with E-state index in [-0.39, 0.29) is 24.5 Å². The Morgan fingerprint density at radius 1 is 1.45 bits per heavy atom. The Hall–Kier alpha value is -1.77. The van der Waals surface area contributed by atoms with Crippen LogP contribution in [0.15, 0.2) is 12.7 Å². The Morgan fingerprint density at radius 3 is 2.95 bits per heavy atom. The number of hydrogen-bond acceptors (Lipinski definition) is 7. The lowest BCUT2D eigenvalue weighted by atomic mass is 9.76. The van der Waals surface area contributed by atoms with Gasteiger partial charge in [0, 0.05) is 18.4 Å². The van der Waals surface area contributed by atoms with Crippen LogP contribution in [0.1, 0.15) is 6.04 Å². The summed E-state index contributed by atoms with van der Waals surface area (Å²) in [5, 5.41) is 20.0. The third kappa shape index (κ3) is 0.885. The zero-order valence-electron chi connectivity index (χ0n) is 10.5. The van der Waals surface area contributed by atoms with E-state index in [0.29, 0.717) is 23.6 Å². The average molecular weight is 275 g/mol. The largest absolute Gasteiger partial charge is 0.396 e. The molecule has 0 bridgehead atoms. The Labute approximate surface area is 113 Å². The number of imidazole rings is 1. The molecule has 5 atom stereocenters. The predicted molar refractivity (Wildman–Crippen MR) is 66.5 cm³/mol. The molecule has 2 aromatic rings. The maximum atomic E-state index is 10.6. The molecule has 8 heteroatoms. The number of nitrogens with two attached hydrogens (primary N) is 1. The van der Waals surface area contributed by atoms with Crippen LogP contribution in [0.25, 0.3) is 11.2 Å². The van der Waals surface area contributed by atoms with Gasteiger partial charge in [-0.25, -0.2) is 15.0 Å². The summed E-state index contributed by atoms with van der Waals surface area (Å²) in [5.74, 6) is 0.193. The molecule has 4 N–H and O–H groups in total. The van der Waals surface area contributed by atoms with E-state index in [4.69, 9.17) is 10.5 Å². The summed E-state index contributed by atoms with van der Waals surface area (Å²) < 4.78 is 7.45. The maximum absolute atomic E-state index is 10.6. The smallest absolute Gasteiger partial charge is 0.165 e. The van der Waals surface area contributed by atoms with Crippen molar-refractivity contribution >= 4 is 17.0 Å². The number of anilines is 1. The van der Waals surface area contributed by atoms with Gasteiger partial charge in [0.05, 0.1) is 19.0 Å². The first kappa shape index (κ1) is 11.0. The highest BCUT2D eigenvalue weighted by Crippen LogP contribution is 2.80. The first-order valence-electron chi connectivity index (χ1n) is 6.55. The molecule has 20 heavy (non-hydrogen) atoms. The summed E-state index contributed by atoms with van der Waals surface area (Å²) in [6.07, 6.45) is 3.06. The SMILES string of the molecule is Nc1ncnc2c1ncn2[C@@H]1C2[C@H](CO)[C@]2(O)[C@]12CO2. The van der Waals surface area contributed by atoms with Gasteiger partial charge in [0.15, 0.2) is 11.5 Å². The molecule has 2 aliphatic carbocycles. The average Bonchev–Trinajstić information content (AvgIpc) is 3.29. The van der Waals surface area contributed by atoms with Crippen molar-refractivity contribution in [3.05, 3.63) is 12.7 Å². The minimum absolute atomic E-state index is 0.0106. The molecule has 1 unspecified atom stereocenters. The second-order valence-electron chi connectivity index (χ2n) is 5.85. The lowest BCUT2D eigenvalue weighted by Crippen LogP contribution is -2.53. The minimum atomic E-state index is -0.887. The highest BCUT2D eigenvalue weighted by Gasteiger charge is 2.94. The van der Waals surface area contributed by atoms with E-state index in [0.717, 1.165) is 0 Å². The molecular weight excluding hydrogens is 262 g/mol. The molecule has 3 fully saturated rings. The van der Waals surface area contributed by atoms with Crippen molar-refractivity contribution in [2.24, 2.45) is 11.8 Å². The lowest BCUT2D eigenvalue weighted by molar-refractivity contribution is -0.0689. The first-order valence-corrected chi connectivity index (χ1v) is 6.55. The van der Waals surface area contributed by atoms with E-state index in [2.05, 4.69) is 15.0 Å². The van der Waals surface area contributed by atoms with Crippen LogP contribution in [0.5, 0.6) is 0 Å². The Bertz CT molecular complexity index is 742. The van der Waals surface area contributed by atoms with Crippen LogP contribution < -0.4 is 5.73 Å². The number of rotatable bonds is 2. The molecule has 104 valence electrons. The van der Waals surface area contributed by atoms with Crippen molar-refractivity contribution in [3.8, 4) is 0 Å². The summed E-state index contributed by atoms with van der Waals surface area (Å²) in [6, 6.07) is -0.0519. The number of epoxide rings is 1. The number of aliphatic hydroxyl groups is 2. The van der Waals surface area contributed by atoms with Gasteiger partial charge >= 0.3 is 0 Å². The molecule has 0 aromatic carbocycles. The first-order chi connectivity index (χ1) is 9.65. The normalized spacial score (nSPS) is 44.4. The van der Waals surface area contributed by atoms with Gasteiger partial charge in [0.1, 0.15) is 23.0 Å². The Morgan fingerprint density at radius 2 is 2.25 bits per heavy atom. The van der Waals surface area contributed by atoms with E-state index in [1.165, 1.54) is 6.33 Å². The van der Waals surface area contributed by atoms with Crippen LogP contribution in [0.4, 0.5) is 5.82 Å². The van der Waals surface area contributed by atoms with Gasteiger partial charge in [-0.05, 0) is 0 Å². The van der Waals surface area contributed by atoms with Gasteiger partial charge in [-0.1, -0.05) is 0 Å². The molecule has 8 nitrogen and oxygen atoms in total. The van der Waals surface area contributed by atoms with Gasteiger partial charge in [-0.2, -0.15) is 0 Å². The number of nitrogens with zero attached hydrogens (tertiary/aromatic N) is 4. The predicted octanol–water partition coefficient (Wildman–Crippen LogP) is -1.30. The van der Waals surface area contributed by atoms with Crippen molar-refractivity contribution in [1.29, 1.82) is 0 Å². The van der Waals surface area contributed by atoms with Crippen molar-refractivity contribution in [3.63, 3.8) is 0 Å². The van der Waals surface area contributed by atoms with Crippen LogP contribution >= 0.6 is 0 Å². The zero-order valence-corrected chi connectivity index (χ0v) is 10.5. The maximum Gasteiger partial charge on any atom is 0.165 e. The summed E-state index contributed by atoms with van der Waals surface area (Å²) in [5.41, 5.74) is 5.51. The van der Waals surface area contributed by atoms with Gasteiger partial charge in [-0.3, -0.25) is 0 Å². The number of ether oxygens (including phenoxy) is 1. The van der Waals surface area contributed by atoms with Gasteiger partial charge < -0.3 is 25.3 Å². The highest BCUT2D eigenvalue weighted by molar-refractivity contribution is 5.81. The number of aromatic nitrogens is 4. The fraction of sp³-hybridized carbons (Fsp3) is 0.583. The van der Waals surface area contributed by atoms with Crippen LogP contribution in [0.3, 0.4) is 0 Å². The van der Waals surface area contributed by atoms with Gasteiger partial charge in [0.2, 0.25) is 0 Å². The highest BCUT2D eigenvalue weighted by atomic mass is 16.6. The van der Waals surface area contributed by atoms with Gasteiger partial charge in [0.25, 0.3) is 0 Å².